The predicted molar refractivity (Wildman–Crippen MR) is 109 cm³/mol. The van der Waals surface area contributed by atoms with Crippen LogP contribution in [0.2, 0.25) is 0 Å². The predicted octanol–water partition coefficient (Wildman–Crippen LogP) is 2.61. The van der Waals surface area contributed by atoms with Gasteiger partial charge >= 0.3 is 0 Å². The molecule has 1 amide bonds. The Morgan fingerprint density at radius 3 is 2.50 bits per heavy atom. The van der Waals surface area contributed by atoms with Gasteiger partial charge in [0.05, 0.1) is 0 Å². The SMILES string of the molecule is CCN=C(NC1C(C)(C)C1(C)C)N1CCCC2(CNC(=O)C2)C1.I. The molecule has 2 aliphatic heterocycles. The summed E-state index contributed by atoms with van der Waals surface area (Å²) in [5.41, 5.74) is 0.694. The monoisotopic (exact) mass is 448 g/mol. The Kier molecular flexibility index (Phi) is 5.48. The van der Waals surface area contributed by atoms with Crippen molar-refractivity contribution in [3.8, 4) is 0 Å². The van der Waals surface area contributed by atoms with Gasteiger partial charge in [-0.2, -0.15) is 0 Å². The third-order valence-corrected chi connectivity index (χ3v) is 6.76. The molecule has 5 nitrogen and oxygen atoms in total. The van der Waals surface area contributed by atoms with Gasteiger partial charge in [-0.25, -0.2) is 0 Å². The van der Waals surface area contributed by atoms with Gasteiger partial charge in [0, 0.05) is 44.1 Å². The van der Waals surface area contributed by atoms with E-state index in [-0.39, 0.29) is 35.3 Å². The zero-order valence-electron chi connectivity index (χ0n) is 15.7. The van der Waals surface area contributed by atoms with Crippen molar-refractivity contribution in [3.05, 3.63) is 0 Å². The molecule has 0 aromatic rings. The van der Waals surface area contributed by atoms with Gasteiger partial charge < -0.3 is 15.5 Å². The number of hydrogen-bond donors (Lipinski definition) is 2. The molecular formula is C18H33IN4O. The Hall–Kier alpha value is -0.530. The maximum Gasteiger partial charge on any atom is 0.220 e. The Morgan fingerprint density at radius 1 is 1.33 bits per heavy atom. The molecule has 138 valence electrons. The number of halogens is 1. The van der Waals surface area contributed by atoms with Gasteiger partial charge in [0.2, 0.25) is 5.91 Å². The molecule has 1 atom stereocenters. The maximum absolute atomic E-state index is 11.7. The summed E-state index contributed by atoms with van der Waals surface area (Å²) in [5.74, 6) is 1.24. The van der Waals surface area contributed by atoms with Crippen molar-refractivity contribution in [3.63, 3.8) is 0 Å². The second-order valence-electron chi connectivity index (χ2n) is 8.80. The van der Waals surface area contributed by atoms with Crippen LogP contribution < -0.4 is 10.6 Å². The fourth-order valence-electron chi connectivity index (χ4n) is 4.50. The standard InChI is InChI=1S/C18H32N4O.HI/c1-6-19-15(21-14-16(2,3)17(14,4)5)22-9-7-8-18(12-22)10-13(23)20-11-18;/h14H,6-12H2,1-5H3,(H,19,21)(H,20,23);1H. The van der Waals surface area contributed by atoms with Gasteiger partial charge in [-0.05, 0) is 30.6 Å². The van der Waals surface area contributed by atoms with Crippen LogP contribution in [0, 0.1) is 16.2 Å². The number of likely N-dealkylation sites (tertiary alicyclic amines) is 1. The van der Waals surface area contributed by atoms with Gasteiger partial charge in [-0.1, -0.05) is 27.7 Å². The Bertz CT molecular complexity index is 517. The van der Waals surface area contributed by atoms with E-state index in [0.29, 0.717) is 23.3 Å². The summed E-state index contributed by atoms with van der Waals surface area (Å²) in [7, 11) is 0. The average Bonchev–Trinajstić information content (AvgIpc) is 2.73. The summed E-state index contributed by atoms with van der Waals surface area (Å²) >= 11 is 0. The average molecular weight is 448 g/mol. The Morgan fingerprint density at radius 2 is 2.00 bits per heavy atom. The van der Waals surface area contributed by atoms with Crippen LogP contribution in [0.5, 0.6) is 0 Å². The largest absolute Gasteiger partial charge is 0.355 e. The normalized spacial score (nSPS) is 31.6. The molecule has 3 aliphatic rings. The van der Waals surface area contributed by atoms with Crippen LogP contribution in [0.1, 0.15) is 53.9 Å². The molecule has 0 aromatic carbocycles. The van der Waals surface area contributed by atoms with Crippen molar-refractivity contribution in [1.29, 1.82) is 0 Å². The van der Waals surface area contributed by atoms with E-state index in [0.717, 1.165) is 45.0 Å². The Balaban J connectivity index is 0.00000208. The minimum absolute atomic E-state index is 0. The number of carbonyl (C=O) groups is 1. The summed E-state index contributed by atoms with van der Waals surface area (Å²) in [6.45, 7) is 15.0. The lowest BCUT2D eigenvalue weighted by Gasteiger charge is -2.41. The quantitative estimate of drug-likeness (QED) is 0.388. The first-order valence-corrected chi connectivity index (χ1v) is 9.04. The number of carbonyl (C=O) groups excluding carboxylic acids is 1. The lowest BCUT2D eigenvalue weighted by molar-refractivity contribution is -0.119. The van der Waals surface area contributed by atoms with E-state index in [9.17, 15) is 4.79 Å². The molecule has 1 unspecified atom stereocenters. The van der Waals surface area contributed by atoms with Crippen LogP contribution in [0.3, 0.4) is 0 Å². The fraction of sp³-hybridized carbons (Fsp3) is 0.889. The van der Waals surface area contributed by atoms with Gasteiger partial charge in [0.25, 0.3) is 0 Å². The summed E-state index contributed by atoms with van der Waals surface area (Å²) < 4.78 is 0. The lowest BCUT2D eigenvalue weighted by Crippen LogP contribution is -2.52. The summed E-state index contributed by atoms with van der Waals surface area (Å²) in [5, 5.41) is 6.76. The number of hydrogen-bond acceptors (Lipinski definition) is 2. The number of piperidine rings is 1. The van der Waals surface area contributed by atoms with Crippen molar-refractivity contribution in [2.24, 2.45) is 21.2 Å². The van der Waals surface area contributed by atoms with Crippen molar-refractivity contribution in [2.75, 3.05) is 26.2 Å². The second kappa shape index (κ2) is 6.65. The molecule has 1 spiro atoms. The fourth-order valence-corrected chi connectivity index (χ4v) is 4.50. The van der Waals surface area contributed by atoms with Crippen LogP contribution >= 0.6 is 24.0 Å². The molecule has 2 saturated heterocycles. The van der Waals surface area contributed by atoms with Crippen molar-refractivity contribution < 1.29 is 4.79 Å². The van der Waals surface area contributed by atoms with Crippen LogP contribution in [0.25, 0.3) is 0 Å². The lowest BCUT2D eigenvalue weighted by atomic mass is 9.79. The first-order valence-electron chi connectivity index (χ1n) is 9.04. The molecule has 24 heavy (non-hydrogen) atoms. The molecule has 6 heteroatoms. The van der Waals surface area contributed by atoms with Gasteiger partial charge in [0.1, 0.15) is 0 Å². The minimum Gasteiger partial charge on any atom is -0.355 e. The molecular weight excluding hydrogens is 415 g/mol. The maximum atomic E-state index is 11.7. The first kappa shape index (κ1) is 19.8. The van der Waals surface area contributed by atoms with Gasteiger partial charge in [-0.3, -0.25) is 9.79 Å². The summed E-state index contributed by atoms with van der Waals surface area (Å²) in [6.07, 6.45) is 2.95. The highest BCUT2D eigenvalue weighted by atomic mass is 127. The van der Waals surface area contributed by atoms with Gasteiger partial charge in [0.15, 0.2) is 5.96 Å². The minimum atomic E-state index is 0. The van der Waals surface area contributed by atoms with E-state index in [1.165, 1.54) is 0 Å². The number of nitrogens with one attached hydrogen (secondary N) is 2. The number of rotatable bonds is 2. The molecule has 3 rings (SSSR count). The Labute approximate surface area is 163 Å². The zero-order chi connectivity index (χ0) is 16.9. The highest BCUT2D eigenvalue weighted by Crippen LogP contribution is 2.62. The molecule has 0 radical (unpaired) electrons. The molecule has 1 saturated carbocycles. The topological polar surface area (TPSA) is 56.7 Å². The van der Waals surface area contributed by atoms with E-state index < -0.39 is 0 Å². The number of guanidine groups is 1. The molecule has 3 fully saturated rings. The number of aliphatic imine (C=N–C) groups is 1. The van der Waals surface area contributed by atoms with E-state index in [1.807, 2.05) is 0 Å². The summed E-state index contributed by atoms with van der Waals surface area (Å²) in [4.78, 5) is 18.8. The van der Waals surface area contributed by atoms with Crippen molar-refractivity contribution in [1.82, 2.24) is 15.5 Å². The molecule has 2 N–H and O–H groups in total. The van der Waals surface area contributed by atoms with Crippen molar-refractivity contribution >= 4 is 35.8 Å². The van der Waals surface area contributed by atoms with Crippen LogP contribution in [-0.2, 0) is 4.79 Å². The highest BCUT2D eigenvalue weighted by molar-refractivity contribution is 14.0. The third kappa shape index (κ3) is 3.27. The molecule has 0 bridgehead atoms. The first-order chi connectivity index (χ1) is 10.7. The van der Waals surface area contributed by atoms with E-state index in [4.69, 9.17) is 4.99 Å². The number of amides is 1. The summed E-state index contributed by atoms with van der Waals surface area (Å²) in [6, 6.07) is 0.460. The van der Waals surface area contributed by atoms with Crippen molar-refractivity contribution in [2.45, 2.75) is 59.9 Å². The smallest absolute Gasteiger partial charge is 0.220 e. The second-order valence-corrected chi connectivity index (χ2v) is 8.80. The van der Waals surface area contributed by atoms with E-state index >= 15 is 0 Å². The zero-order valence-corrected chi connectivity index (χ0v) is 18.1. The number of nitrogens with zero attached hydrogens (tertiary/aromatic N) is 2. The highest BCUT2D eigenvalue weighted by Gasteiger charge is 2.65. The third-order valence-electron chi connectivity index (χ3n) is 6.76. The van der Waals surface area contributed by atoms with Crippen LogP contribution in [-0.4, -0.2) is 49.0 Å². The molecule has 1 aliphatic carbocycles. The van der Waals surface area contributed by atoms with Crippen LogP contribution in [0.4, 0.5) is 0 Å². The van der Waals surface area contributed by atoms with Crippen LogP contribution in [0.15, 0.2) is 4.99 Å². The van der Waals surface area contributed by atoms with E-state index in [2.05, 4.69) is 50.2 Å². The molecule has 2 heterocycles. The molecule has 0 aromatic heterocycles. The van der Waals surface area contributed by atoms with E-state index in [1.54, 1.807) is 0 Å². The van der Waals surface area contributed by atoms with Gasteiger partial charge in [-0.15, -0.1) is 24.0 Å².